The highest BCUT2D eigenvalue weighted by Crippen LogP contribution is 2.30. The zero-order valence-electron chi connectivity index (χ0n) is 14.7. The zero-order valence-corrected chi connectivity index (χ0v) is 14.7. The average molecular weight is 292 g/mol. The van der Waals surface area contributed by atoms with Crippen LogP contribution in [0.25, 0.3) is 0 Å². The summed E-state index contributed by atoms with van der Waals surface area (Å²) in [4.78, 5) is 2.60. The number of aromatic nitrogens is 2. The standard InChI is InChI=1S/C17H32N4/c1-7-14-10-8-9-11-21(14)16-15(12-18-17(3,4)5)13(2)19-20(16)6/h14,18H,7-12H2,1-6H3. The van der Waals surface area contributed by atoms with Gasteiger partial charge in [-0.05, 0) is 53.4 Å². The van der Waals surface area contributed by atoms with Gasteiger partial charge in [0.05, 0.1) is 5.69 Å². The molecule has 0 radical (unpaired) electrons. The first-order chi connectivity index (χ1) is 9.83. The molecule has 1 aliphatic rings. The predicted molar refractivity (Wildman–Crippen MR) is 89.8 cm³/mol. The van der Waals surface area contributed by atoms with E-state index in [1.165, 1.54) is 43.6 Å². The molecule has 0 aromatic carbocycles. The van der Waals surface area contributed by atoms with Crippen LogP contribution in [0.15, 0.2) is 0 Å². The van der Waals surface area contributed by atoms with Crippen molar-refractivity contribution in [2.45, 2.75) is 78.4 Å². The van der Waals surface area contributed by atoms with Crippen LogP contribution in [0.5, 0.6) is 0 Å². The molecule has 2 rings (SSSR count). The Hall–Kier alpha value is -1.03. The molecule has 0 amide bonds. The summed E-state index contributed by atoms with van der Waals surface area (Å²) in [5.74, 6) is 1.33. The quantitative estimate of drug-likeness (QED) is 0.923. The van der Waals surface area contributed by atoms with Crippen LogP contribution in [0.2, 0.25) is 0 Å². The third-order valence-electron chi connectivity index (χ3n) is 4.48. The van der Waals surface area contributed by atoms with E-state index in [9.17, 15) is 0 Å². The number of aryl methyl sites for hydroxylation is 2. The van der Waals surface area contributed by atoms with Gasteiger partial charge in [0, 0.05) is 37.3 Å². The van der Waals surface area contributed by atoms with E-state index >= 15 is 0 Å². The molecule has 1 unspecified atom stereocenters. The Morgan fingerprint density at radius 2 is 2.00 bits per heavy atom. The van der Waals surface area contributed by atoms with Crippen molar-refractivity contribution < 1.29 is 0 Å². The molecule has 0 saturated carbocycles. The third kappa shape index (κ3) is 3.79. The minimum atomic E-state index is 0.131. The molecule has 1 saturated heterocycles. The van der Waals surface area contributed by atoms with E-state index in [0.29, 0.717) is 6.04 Å². The number of hydrogen-bond donors (Lipinski definition) is 1. The number of rotatable bonds is 4. The summed E-state index contributed by atoms with van der Waals surface area (Å²) >= 11 is 0. The summed E-state index contributed by atoms with van der Waals surface area (Å²) in [5.41, 5.74) is 2.66. The molecule has 0 aliphatic carbocycles. The highest BCUT2D eigenvalue weighted by molar-refractivity contribution is 5.51. The van der Waals surface area contributed by atoms with Crippen molar-refractivity contribution in [2.75, 3.05) is 11.4 Å². The minimum absolute atomic E-state index is 0.131. The van der Waals surface area contributed by atoms with E-state index in [-0.39, 0.29) is 5.54 Å². The molecule has 21 heavy (non-hydrogen) atoms. The molecule has 1 aromatic rings. The molecule has 0 bridgehead atoms. The fraction of sp³-hybridized carbons (Fsp3) is 0.824. The van der Waals surface area contributed by atoms with E-state index in [4.69, 9.17) is 5.10 Å². The first kappa shape index (κ1) is 16.3. The summed E-state index contributed by atoms with van der Waals surface area (Å²) in [7, 11) is 2.09. The predicted octanol–water partition coefficient (Wildman–Crippen LogP) is 3.39. The van der Waals surface area contributed by atoms with Crippen LogP contribution in [-0.2, 0) is 13.6 Å². The smallest absolute Gasteiger partial charge is 0.131 e. The number of nitrogens with one attached hydrogen (secondary N) is 1. The molecule has 1 N–H and O–H groups in total. The van der Waals surface area contributed by atoms with Crippen LogP contribution in [0.1, 0.15) is 64.6 Å². The van der Waals surface area contributed by atoms with Crippen LogP contribution in [0.4, 0.5) is 5.82 Å². The summed E-state index contributed by atoms with van der Waals surface area (Å²) in [6, 6.07) is 0.668. The third-order valence-corrected chi connectivity index (χ3v) is 4.48. The topological polar surface area (TPSA) is 33.1 Å². The Morgan fingerprint density at radius 3 is 2.62 bits per heavy atom. The molecule has 1 aliphatic heterocycles. The van der Waals surface area contributed by atoms with Gasteiger partial charge in [-0.1, -0.05) is 6.92 Å². The fourth-order valence-electron chi connectivity index (χ4n) is 3.31. The Morgan fingerprint density at radius 1 is 1.29 bits per heavy atom. The normalized spacial score (nSPS) is 20.1. The average Bonchev–Trinajstić information content (AvgIpc) is 2.69. The molecular weight excluding hydrogens is 260 g/mol. The maximum Gasteiger partial charge on any atom is 0.131 e. The van der Waals surface area contributed by atoms with Gasteiger partial charge in [-0.15, -0.1) is 0 Å². The van der Waals surface area contributed by atoms with Crippen LogP contribution in [0, 0.1) is 6.92 Å². The lowest BCUT2D eigenvalue weighted by molar-refractivity contribution is 0.418. The van der Waals surface area contributed by atoms with E-state index in [1.807, 2.05) is 0 Å². The van der Waals surface area contributed by atoms with Gasteiger partial charge in [-0.25, -0.2) is 0 Å². The van der Waals surface area contributed by atoms with Gasteiger partial charge in [0.1, 0.15) is 5.82 Å². The minimum Gasteiger partial charge on any atom is -0.354 e. The van der Waals surface area contributed by atoms with Gasteiger partial charge in [0.2, 0.25) is 0 Å². The fourth-order valence-corrected chi connectivity index (χ4v) is 3.31. The molecule has 4 heteroatoms. The van der Waals surface area contributed by atoms with Gasteiger partial charge in [-0.2, -0.15) is 5.10 Å². The summed E-state index contributed by atoms with van der Waals surface area (Å²) in [6.45, 7) is 13.1. The maximum atomic E-state index is 4.69. The Labute approximate surface area is 129 Å². The second kappa shape index (κ2) is 6.39. The lowest BCUT2D eigenvalue weighted by atomic mass is 9.99. The van der Waals surface area contributed by atoms with Crippen molar-refractivity contribution in [1.82, 2.24) is 15.1 Å². The number of hydrogen-bond acceptors (Lipinski definition) is 3. The van der Waals surface area contributed by atoms with Gasteiger partial charge < -0.3 is 10.2 Å². The van der Waals surface area contributed by atoms with Crippen LogP contribution < -0.4 is 10.2 Å². The molecule has 1 fully saturated rings. The van der Waals surface area contributed by atoms with Crippen LogP contribution >= 0.6 is 0 Å². The Balaban J connectivity index is 2.29. The summed E-state index contributed by atoms with van der Waals surface area (Å²) in [6.07, 6.45) is 5.19. The summed E-state index contributed by atoms with van der Waals surface area (Å²) < 4.78 is 2.09. The van der Waals surface area contributed by atoms with Gasteiger partial charge in [0.15, 0.2) is 0 Å². The van der Waals surface area contributed by atoms with Crippen molar-refractivity contribution in [2.24, 2.45) is 7.05 Å². The monoisotopic (exact) mass is 292 g/mol. The van der Waals surface area contributed by atoms with Gasteiger partial charge in [0.25, 0.3) is 0 Å². The number of anilines is 1. The first-order valence-corrected chi connectivity index (χ1v) is 8.37. The van der Waals surface area contributed by atoms with E-state index in [2.05, 4.69) is 56.6 Å². The number of nitrogens with zero attached hydrogens (tertiary/aromatic N) is 3. The number of piperidine rings is 1. The zero-order chi connectivity index (χ0) is 15.6. The molecule has 1 atom stereocenters. The van der Waals surface area contributed by atoms with Crippen molar-refractivity contribution in [1.29, 1.82) is 0 Å². The van der Waals surface area contributed by atoms with E-state index in [1.54, 1.807) is 0 Å². The highest BCUT2D eigenvalue weighted by Gasteiger charge is 2.27. The van der Waals surface area contributed by atoms with Crippen molar-refractivity contribution in [3.8, 4) is 0 Å². The van der Waals surface area contributed by atoms with Crippen LogP contribution in [-0.4, -0.2) is 27.9 Å². The second-order valence-corrected chi connectivity index (χ2v) is 7.37. The summed E-state index contributed by atoms with van der Waals surface area (Å²) in [5, 5.41) is 8.32. The Bertz CT molecular complexity index is 470. The molecule has 2 heterocycles. The molecule has 0 spiro atoms. The lowest BCUT2D eigenvalue weighted by Gasteiger charge is -2.37. The Kier molecular flexibility index (Phi) is 4.97. The second-order valence-electron chi connectivity index (χ2n) is 7.37. The van der Waals surface area contributed by atoms with Crippen LogP contribution in [0.3, 0.4) is 0 Å². The molecular formula is C17H32N4. The molecule has 1 aromatic heterocycles. The maximum absolute atomic E-state index is 4.69. The lowest BCUT2D eigenvalue weighted by Crippen LogP contribution is -2.41. The van der Waals surface area contributed by atoms with Crippen molar-refractivity contribution in [3.05, 3.63) is 11.3 Å². The van der Waals surface area contributed by atoms with E-state index < -0.39 is 0 Å². The largest absolute Gasteiger partial charge is 0.354 e. The van der Waals surface area contributed by atoms with Crippen molar-refractivity contribution in [3.63, 3.8) is 0 Å². The molecule has 120 valence electrons. The SMILES string of the molecule is CCC1CCCCN1c1c(CNC(C)(C)C)c(C)nn1C. The van der Waals surface area contributed by atoms with Crippen molar-refractivity contribution >= 4 is 5.82 Å². The van der Waals surface area contributed by atoms with Gasteiger partial charge in [-0.3, -0.25) is 4.68 Å². The first-order valence-electron chi connectivity index (χ1n) is 8.37. The highest BCUT2D eigenvalue weighted by atomic mass is 15.4. The molecule has 4 nitrogen and oxygen atoms in total. The van der Waals surface area contributed by atoms with Gasteiger partial charge >= 0.3 is 0 Å². The van der Waals surface area contributed by atoms with E-state index in [0.717, 1.165) is 12.2 Å².